The van der Waals surface area contributed by atoms with E-state index in [1.807, 2.05) is 6.07 Å². The number of nitrogens with zero attached hydrogens (tertiary/aromatic N) is 2. The second kappa shape index (κ2) is 3.94. The molecule has 3 aliphatic heterocycles. The van der Waals surface area contributed by atoms with Gasteiger partial charge in [-0.3, -0.25) is 4.98 Å². The van der Waals surface area contributed by atoms with E-state index in [1.165, 1.54) is 25.9 Å². The van der Waals surface area contributed by atoms with E-state index in [2.05, 4.69) is 15.2 Å². The molecule has 0 aromatic carbocycles. The monoisotopic (exact) mass is 218 g/mol. The number of hydrogen-bond donors (Lipinski definition) is 2. The standard InChI is InChI=1S/C12H18N4/c13-10-7-14-4-1-11(10)15-12-8-16-5-2-9(12)3-6-16/h1,4,7,9,12H,2-3,5-6,8,13H2,(H,14,15). The number of nitrogen functional groups attached to an aromatic ring is 1. The van der Waals surface area contributed by atoms with Crippen molar-refractivity contribution in [3.05, 3.63) is 18.5 Å². The molecule has 1 atom stereocenters. The summed E-state index contributed by atoms with van der Waals surface area (Å²) < 4.78 is 0. The van der Waals surface area contributed by atoms with Crippen LogP contribution < -0.4 is 11.1 Å². The van der Waals surface area contributed by atoms with Gasteiger partial charge < -0.3 is 16.0 Å². The molecule has 1 unspecified atom stereocenters. The molecule has 1 aromatic heterocycles. The first-order valence-corrected chi connectivity index (χ1v) is 6.01. The number of nitrogens with two attached hydrogens (primary N) is 1. The Morgan fingerprint density at radius 1 is 1.38 bits per heavy atom. The van der Waals surface area contributed by atoms with Crippen LogP contribution in [-0.2, 0) is 0 Å². The number of anilines is 2. The quantitative estimate of drug-likeness (QED) is 0.782. The van der Waals surface area contributed by atoms with Gasteiger partial charge in [-0.25, -0.2) is 0 Å². The molecule has 0 spiro atoms. The average Bonchev–Trinajstić information content (AvgIpc) is 2.34. The minimum absolute atomic E-state index is 0.562. The molecular weight excluding hydrogens is 200 g/mol. The Hall–Kier alpha value is -1.29. The lowest BCUT2D eigenvalue weighted by molar-refractivity contribution is 0.0975. The van der Waals surface area contributed by atoms with E-state index in [0.29, 0.717) is 6.04 Å². The first-order chi connectivity index (χ1) is 7.83. The Kier molecular flexibility index (Phi) is 2.44. The van der Waals surface area contributed by atoms with E-state index < -0.39 is 0 Å². The van der Waals surface area contributed by atoms with Crippen LogP contribution >= 0.6 is 0 Å². The molecule has 0 amide bonds. The molecule has 0 aliphatic carbocycles. The van der Waals surface area contributed by atoms with E-state index >= 15 is 0 Å². The Balaban J connectivity index is 1.73. The summed E-state index contributed by atoms with van der Waals surface area (Å²) in [6, 6.07) is 2.53. The lowest BCUT2D eigenvalue weighted by Crippen LogP contribution is -2.53. The number of nitrogens with one attached hydrogen (secondary N) is 1. The molecule has 2 bridgehead atoms. The van der Waals surface area contributed by atoms with Gasteiger partial charge in [0.15, 0.2) is 0 Å². The largest absolute Gasteiger partial charge is 0.396 e. The van der Waals surface area contributed by atoms with Gasteiger partial charge in [-0.1, -0.05) is 0 Å². The summed E-state index contributed by atoms with van der Waals surface area (Å²) in [4.78, 5) is 6.55. The van der Waals surface area contributed by atoms with Crippen LogP contribution in [0.3, 0.4) is 0 Å². The molecule has 3 N–H and O–H groups in total. The number of aromatic nitrogens is 1. The summed E-state index contributed by atoms with van der Waals surface area (Å²) in [5.74, 6) is 0.817. The molecule has 3 saturated heterocycles. The smallest absolute Gasteiger partial charge is 0.0736 e. The van der Waals surface area contributed by atoms with Gasteiger partial charge in [0.2, 0.25) is 0 Å². The van der Waals surface area contributed by atoms with Crippen molar-refractivity contribution in [2.45, 2.75) is 18.9 Å². The van der Waals surface area contributed by atoms with Crippen LogP contribution in [0.25, 0.3) is 0 Å². The van der Waals surface area contributed by atoms with Crippen molar-refractivity contribution in [2.24, 2.45) is 5.92 Å². The molecular formula is C12H18N4. The second-order valence-electron chi connectivity index (χ2n) is 4.85. The van der Waals surface area contributed by atoms with Crippen LogP contribution in [0.4, 0.5) is 11.4 Å². The summed E-state index contributed by atoms with van der Waals surface area (Å²) in [5, 5.41) is 3.57. The van der Waals surface area contributed by atoms with E-state index in [4.69, 9.17) is 5.73 Å². The lowest BCUT2D eigenvalue weighted by atomic mass is 9.84. The zero-order valence-corrected chi connectivity index (χ0v) is 9.39. The molecule has 4 rings (SSSR count). The predicted molar refractivity (Wildman–Crippen MR) is 65.2 cm³/mol. The lowest BCUT2D eigenvalue weighted by Gasteiger charge is -2.45. The van der Waals surface area contributed by atoms with Crippen molar-refractivity contribution in [3.63, 3.8) is 0 Å². The van der Waals surface area contributed by atoms with Crippen LogP contribution in [-0.4, -0.2) is 35.6 Å². The minimum Gasteiger partial charge on any atom is -0.396 e. The highest BCUT2D eigenvalue weighted by molar-refractivity contribution is 5.64. The van der Waals surface area contributed by atoms with Gasteiger partial charge in [-0.15, -0.1) is 0 Å². The normalized spacial score (nSPS) is 32.6. The first kappa shape index (κ1) is 9.90. The van der Waals surface area contributed by atoms with Crippen molar-refractivity contribution in [1.82, 2.24) is 9.88 Å². The van der Waals surface area contributed by atoms with Crippen molar-refractivity contribution in [3.8, 4) is 0 Å². The Labute approximate surface area is 95.8 Å². The van der Waals surface area contributed by atoms with Crippen molar-refractivity contribution < 1.29 is 0 Å². The summed E-state index contributed by atoms with van der Waals surface area (Å²) in [7, 11) is 0. The average molecular weight is 218 g/mol. The molecule has 0 saturated carbocycles. The Morgan fingerprint density at radius 2 is 2.19 bits per heavy atom. The number of fused-ring (bicyclic) bond motifs is 3. The van der Waals surface area contributed by atoms with E-state index in [0.717, 1.165) is 23.8 Å². The summed E-state index contributed by atoms with van der Waals surface area (Å²) in [6.07, 6.45) is 6.15. The van der Waals surface area contributed by atoms with Gasteiger partial charge in [-0.05, 0) is 37.9 Å². The van der Waals surface area contributed by atoms with Gasteiger partial charge in [-0.2, -0.15) is 0 Å². The molecule has 3 aliphatic rings. The highest BCUT2D eigenvalue weighted by Gasteiger charge is 2.34. The van der Waals surface area contributed by atoms with E-state index in [1.54, 1.807) is 12.4 Å². The first-order valence-electron chi connectivity index (χ1n) is 6.01. The van der Waals surface area contributed by atoms with Gasteiger partial charge in [0.1, 0.15) is 0 Å². The van der Waals surface area contributed by atoms with Crippen LogP contribution in [0.15, 0.2) is 18.5 Å². The highest BCUT2D eigenvalue weighted by atomic mass is 15.2. The number of hydrogen-bond acceptors (Lipinski definition) is 4. The van der Waals surface area contributed by atoms with E-state index in [9.17, 15) is 0 Å². The predicted octanol–water partition coefficient (Wildman–Crippen LogP) is 1.17. The summed E-state index contributed by atoms with van der Waals surface area (Å²) in [6.45, 7) is 3.70. The van der Waals surface area contributed by atoms with Crippen molar-refractivity contribution >= 4 is 11.4 Å². The third-order valence-electron chi connectivity index (χ3n) is 3.85. The zero-order valence-electron chi connectivity index (χ0n) is 9.39. The SMILES string of the molecule is Nc1cnccc1NC1CN2CCC1CC2. The fraction of sp³-hybridized carbons (Fsp3) is 0.583. The number of piperidine rings is 3. The zero-order chi connectivity index (χ0) is 11.0. The molecule has 4 heterocycles. The van der Waals surface area contributed by atoms with Crippen LogP contribution in [0.2, 0.25) is 0 Å². The fourth-order valence-electron chi connectivity index (χ4n) is 2.87. The maximum absolute atomic E-state index is 5.90. The van der Waals surface area contributed by atoms with Gasteiger partial charge in [0, 0.05) is 18.8 Å². The van der Waals surface area contributed by atoms with Crippen molar-refractivity contribution in [1.29, 1.82) is 0 Å². The van der Waals surface area contributed by atoms with Crippen molar-refractivity contribution in [2.75, 3.05) is 30.7 Å². The van der Waals surface area contributed by atoms with Crippen LogP contribution in [0.1, 0.15) is 12.8 Å². The maximum Gasteiger partial charge on any atom is 0.0736 e. The summed E-state index contributed by atoms with van der Waals surface area (Å²) in [5.41, 5.74) is 7.68. The van der Waals surface area contributed by atoms with Crippen LogP contribution in [0, 0.1) is 5.92 Å². The molecule has 86 valence electrons. The molecule has 3 fully saturated rings. The summed E-state index contributed by atoms with van der Waals surface area (Å²) >= 11 is 0. The molecule has 4 nitrogen and oxygen atoms in total. The Bertz CT molecular complexity index is 371. The number of pyridine rings is 1. The van der Waals surface area contributed by atoms with Gasteiger partial charge in [0.25, 0.3) is 0 Å². The van der Waals surface area contributed by atoms with Crippen LogP contribution in [0.5, 0.6) is 0 Å². The third kappa shape index (κ3) is 1.73. The molecule has 16 heavy (non-hydrogen) atoms. The molecule has 4 heteroatoms. The van der Waals surface area contributed by atoms with E-state index in [-0.39, 0.29) is 0 Å². The third-order valence-corrected chi connectivity index (χ3v) is 3.85. The second-order valence-corrected chi connectivity index (χ2v) is 4.85. The molecule has 0 radical (unpaired) electrons. The topological polar surface area (TPSA) is 54.2 Å². The van der Waals surface area contributed by atoms with Gasteiger partial charge in [0.05, 0.1) is 17.6 Å². The fourth-order valence-corrected chi connectivity index (χ4v) is 2.87. The molecule has 1 aromatic rings. The Morgan fingerprint density at radius 3 is 2.81 bits per heavy atom. The van der Waals surface area contributed by atoms with Gasteiger partial charge >= 0.3 is 0 Å². The maximum atomic E-state index is 5.90. The highest BCUT2D eigenvalue weighted by Crippen LogP contribution is 2.30. The number of rotatable bonds is 2. The minimum atomic E-state index is 0.562.